The molecule has 4 rings (SSSR count). The van der Waals surface area contributed by atoms with Crippen molar-refractivity contribution in [3.8, 4) is 0 Å². The number of aromatic nitrogens is 1. The van der Waals surface area contributed by atoms with Gasteiger partial charge in [-0.1, -0.05) is 102 Å². The lowest BCUT2D eigenvalue weighted by Crippen LogP contribution is -2.57. The highest BCUT2D eigenvalue weighted by Gasteiger charge is 2.41. The van der Waals surface area contributed by atoms with Gasteiger partial charge in [-0.25, -0.2) is 4.79 Å². The van der Waals surface area contributed by atoms with E-state index in [1.54, 1.807) is 50.4 Å². The lowest BCUT2D eigenvalue weighted by atomic mass is 9.84. The zero-order valence-corrected chi connectivity index (χ0v) is 66.3. The highest BCUT2D eigenvalue weighted by Crippen LogP contribution is 2.26. The lowest BCUT2D eigenvalue weighted by Gasteiger charge is -2.29. The molecule has 0 spiro atoms. The number of nitrogens with one attached hydrogen (secondary N) is 12. The number of fused-ring (bicyclic) bond motifs is 1. The van der Waals surface area contributed by atoms with Crippen molar-refractivity contribution in [1.29, 1.82) is 0 Å². The highest BCUT2D eigenvalue weighted by atomic mass is 16.5. The molecule has 39 heteroatoms. The van der Waals surface area contributed by atoms with Gasteiger partial charge in [0.2, 0.25) is 65.0 Å². The monoisotopic (exact) mass is 1640 g/mol. The van der Waals surface area contributed by atoms with Crippen LogP contribution in [0.4, 0.5) is 5.69 Å². The molecule has 13 atom stereocenters. The summed E-state index contributed by atoms with van der Waals surface area (Å²) >= 11 is 0. The van der Waals surface area contributed by atoms with Gasteiger partial charge in [0.05, 0.1) is 56.5 Å². The number of carbonyl (C=O) groups excluding carboxylic acids is 18. The molecule has 642 valence electrons. The molecule has 2 aromatic carbocycles. The van der Waals surface area contributed by atoms with Gasteiger partial charge in [0, 0.05) is 85.8 Å². The third-order valence-corrected chi connectivity index (χ3v) is 19.2. The van der Waals surface area contributed by atoms with Gasteiger partial charge in [0.1, 0.15) is 55.6 Å². The number of carbonyl (C=O) groups is 20. The van der Waals surface area contributed by atoms with Crippen molar-refractivity contribution in [3.63, 3.8) is 0 Å². The van der Waals surface area contributed by atoms with Crippen molar-refractivity contribution < 1.29 is 125 Å². The van der Waals surface area contributed by atoms with E-state index >= 15 is 4.79 Å². The van der Waals surface area contributed by atoms with Crippen LogP contribution in [0.1, 0.15) is 173 Å². The summed E-state index contributed by atoms with van der Waals surface area (Å²) in [5.41, 5.74) is 7.00. The molecular formula is C78H109N13O26. The topological polar surface area (TPSA) is 604 Å². The van der Waals surface area contributed by atoms with Gasteiger partial charge in [-0.15, -0.1) is 0 Å². The molecule has 0 bridgehead atoms. The number of hydrogen-bond donors (Lipinski definition) is 16. The van der Waals surface area contributed by atoms with Gasteiger partial charge in [0.15, 0.2) is 23.1 Å². The van der Waals surface area contributed by atoms with Crippen molar-refractivity contribution in [3.05, 3.63) is 65.9 Å². The molecule has 1 aliphatic rings. The zero-order chi connectivity index (χ0) is 86.8. The maximum absolute atomic E-state index is 15.0. The largest absolute Gasteiger partial charge is 0.481 e. The Kier molecular flexibility index (Phi) is 42.4. The molecule has 0 radical (unpaired) electrons. The number of H-pyrrole nitrogens is 1. The van der Waals surface area contributed by atoms with E-state index in [4.69, 9.17) is 19.9 Å². The van der Waals surface area contributed by atoms with Crippen LogP contribution in [0.15, 0.2) is 54.7 Å². The number of primary amides is 1. The van der Waals surface area contributed by atoms with Crippen molar-refractivity contribution in [2.75, 3.05) is 44.8 Å². The van der Waals surface area contributed by atoms with Crippen LogP contribution in [-0.4, -0.2) is 233 Å². The first-order chi connectivity index (χ1) is 55.7. The van der Waals surface area contributed by atoms with Gasteiger partial charge in [0.25, 0.3) is 12.9 Å². The number of ether oxygens (including phenoxy) is 3. The second-order valence-corrected chi connectivity index (χ2v) is 28.5. The van der Waals surface area contributed by atoms with Crippen molar-refractivity contribution in [2.24, 2.45) is 29.4 Å². The summed E-state index contributed by atoms with van der Waals surface area (Å²) in [5, 5.41) is 57.6. The highest BCUT2D eigenvalue weighted by molar-refractivity contribution is 6.05. The summed E-state index contributed by atoms with van der Waals surface area (Å²) < 4.78 is 15.4. The molecule has 17 N–H and O–H groups in total. The number of unbranched alkanes of at least 4 members (excludes halogenated alkanes) is 7. The second-order valence-electron chi connectivity index (χ2n) is 28.5. The Balaban J connectivity index is 1.89. The molecule has 39 nitrogen and oxygen atoms in total. The zero-order valence-electron chi connectivity index (χ0n) is 66.3. The summed E-state index contributed by atoms with van der Waals surface area (Å²) in [5.74, 6) is -28.7. The summed E-state index contributed by atoms with van der Waals surface area (Å²) in [6.45, 7) is 3.82. The average molecular weight is 1640 g/mol. The minimum Gasteiger partial charge on any atom is -0.481 e. The van der Waals surface area contributed by atoms with E-state index in [0.29, 0.717) is 35.7 Å². The Morgan fingerprint density at radius 1 is 0.624 bits per heavy atom. The number of carboxylic acids is 2. The molecule has 1 aliphatic heterocycles. The normalized spacial score (nSPS) is 21.1. The van der Waals surface area contributed by atoms with Crippen LogP contribution in [0, 0.1) is 23.7 Å². The van der Waals surface area contributed by atoms with E-state index in [1.807, 2.05) is 0 Å². The molecule has 0 unspecified atom stereocenters. The van der Waals surface area contributed by atoms with Gasteiger partial charge in [-0.05, 0) is 63.3 Å². The summed E-state index contributed by atoms with van der Waals surface area (Å²) in [6, 6.07) is -1.89. The van der Waals surface area contributed by atoms with Gasteiger partial charge >= 0.3 is 17.9 Å². The van der Waals surface area contributed by atoms with Crippen molar-refractivity contribution >= 4 is 136 Å². The first kappa shape index (κ1) is 97.3. The fraction of sp³-hybridized carbons (Fsp3) is 0.564. The molecule has 117 heavy (non-hydrogen) atoms. The molecule has 2 heterocycles. The van der Waals surface area contributed by atoms with E-state index in [0.717, 1.165) is 46.0 Å². The molecule has 1 saturated heterocycles. The molecular weight excluding hydrogens is 1530 g/mol. The number of esters is 1. The van der Waals surface area contributed by atoms with Crippen LogP contribution < -0.4 is 64.2 Å². The van der Waals surface area contributed by atoms with E-state index in [2.05, 4.69) is 70.4 Å². The number of amides is 11. The van der Waals surface area contributed by atoms with Gasteiger partial charge < -0.3 is 98.7 Å². The molecule has 0 aliphatic carbocycles. The number of Topliss-reactive ketones (excluding diaryl/α,β-unsaturated/α-hetero) is 4. The van der Waals surface area contributed by atoms with E-state index < -0.39 is 262 Å². The van der Waals surface area contributed by atoms with E-state index in [-0.39, 0.29) is 56.4 Å². The molecule has 0 saturated carbocycles. The number of para-hydroxylation sites is 2. The number of cyclic esters (lactones) is 1. The number of carboxylic acid groups (broad SMARTS) is 2. The van der Waals surface area contributed by atoms with Crippen LogP contribution in [-0.2, 0) is 112 Å². The Bertz CT molecular complexity index is 4000. The Morgan fingerprint density at radius 2 is 1.23 bits per heavy atom. The van der Waals surface area contributed by atoms with Gasteiger partial charge in [-0.2, -0.15) is 0 Å². The SMILES string of the molecule is CCCCCCCCCC(=O)N[C@@H](Cc1c[nH]c2ccccc12)C(=O)N[C@H](CC(N)=O)C(=O)C[C@@H](CC(=O)O)C(=O)N[C@@H]1C(=O)NCC(=O)N[C@@H](CCCC)C(=O)C[C@@H](COC=O)C(=O)N[C@H](C)C(=O)N[C@@H](COC=O)C(=O)NCC(=O)N[C@H](CO)C(=O)C[C@@H]([C@H](C)CC(=O)O)C(=O)N[C@@H](CC(=O)c2ccccc2NCC)C(=O)O[C@@H]1C. The number of aromatic amines is 1. The Labute approximate surface area is 674 Å². The first-order valence-electron chi connectivity index (χ1n) is 38.8. The predicted molar refractivity (Wildman–Crippen MR) is 414 cm³/mol. The minimum atomic E-state index is -2.34. The van der Waals surface area contributed by atoms with E-state index in [9.17, 15) is 106 Å². The molecule has 1 fully saturated rings. The third kappa shape index (κ3) is 33.7. The average Bonchev–Trinajstić information content (AvgIpc) is 0.943. The van der Waals surface area contributed by atoms with Crippen LogP contribution in [0.5, 0.6) is 0 Å². The minimum absolute atomic E-state index is 0.0107. The quantitative estimate of drug-likeness (QED) is 0.0111. The van der Waals surface area contributed by atoms with Crippen LogP contribution in [0.2, 0.25) is 0 Å². The maximum Gasteiger partial charge on any atom is 0.329 e. The maximum atomic E-state index is 15.0. The number of anilines is 1. The van der Waals surface area contributed by atoms with Crippen molar-refractivity contribution in [2.45, 2.75) is 218 Å². The second kappa shape index (κ2) is 51.0. The standard InChI is InChI=1S/C78H109N13O26/c1-7-10-12-13-14-15-16-26-65(100)86-56(28-47-35-81-52-24-19-17-21-49(47)52)76(112)88-55(34-64(79)99)62(97)29-46(31-69(105)106)72(108)91-70-45(6)117-78(114)57(33-60(95)50-22-18-20-25-53(50)80-9-3)89-74(110)51(43(4)27-68(103)104)32-63(98)58(38-92)87-67(102)36-82-75(111)59(40-116-42-94)90-71(107)44(5)84-73(109)48(39-115-41-93)30-61(96)54(23-11-8-2)85-66(101)37-83-77(70)113/h17-22,24-25,35,41-46,48,51,54-59,70,80-81,92H,7-16,23,26-34,36-40H2,1-6H3,(H2,79,99)(H,82,111)(H,83,113)(H,84,109)(H,85,101)(H,86,100)(H,87,102)(H,88,112)(H,89,110)(H,90,107)(H,91,108)(H,103,104)(H,105,106)/t43-,44-,45-,46+,48+,51+,54+,55-,56+,57+,58-,59+,70+/m1/s1. The number of aliphatic carboxylic acids is 2. The molecule has 3 aromatic rings. The Hall–Kier alpha value is -12.1. The Morgan fingerprint density at radius 3 is 1.87 bits per heavy atom. The fourth-order valence-electron chi connectivity index (χ4n) is 12.8. The van der Waals surface area contributed by atoms with Crippen LogP contribution in [0.3, 0.4) is 0 Å². The summed E-state index contributed by atoms with van der Waals surface area (Å²) in [6.07, 6.45) is -1.17. The van der Waals surface area contributed by atoms with Gasteiger partial charge in [-0.3, -0.25) is 91.1 Å². The lowest BCUT2D eigenvalue weighted by molar-refractivity contribution is -0.156. The summed E-state index contributed by atoms with van der Waals surface area (Å²) in [7, 11) is 0. The number of benzene rings is 2. The predicted octanol–water partition coefficient (Wildman–Crippen LogP) is -0.653. The van der Waals surface area contributed by atoms with Crippen LogP contribution >= 0.6 is 0 Å². The summed E-state index contributed by atoms with van der Waals surface area (Å²) in [4.78, 5) is 278. The number of hydrogen-bond acceptors (Lipinski definition) is 25. The smallest absolute Gasteiger partial charge is 0.329 e. The third-order valence-electron chi connectivity index (χ3n) is 19.2. The number of ketones is 4. The number of aliphatic hydroxyl groups excluding tert-OH is 1. The first-order valence-corrected chi connectivity index (χ1v) is 38.8. The van der Waals surface area contributed by atoms with Crippen LogP contribution in [0.25, 0.3) is 10.9 Å². The van der Waals surface area contributed by atoms with Crippen molar-refractivity contribution in [1.82, 2.24) is 58.2 Å². The fourth-order valence-corrected chi connectivity index (χ4v) is 12.8. The molecule has 1 aromatic heterocycles. The number of aliphatic hydroxyl groups is 1. The van der Waals surface area contributed by atoms with E-state index in [1.165, 1.54) is 25.1 Å². The number of nitrogens with two attached hydrogens (primary N) is 1. The molecule has 11 amide bonds. The number of rotatable bonds is 40.